The molecule has 0 fully saturated rings. The Morgan fingerprint density at radius 3 is 2.19 bits per heavy atom. The normalized spacial score (nSPS) is 13.2. The molecule has 1 aromatic carbocycles. The molecule has 0 radical (unpaired) electrons. The summed E-state index contributed by atoms with van der Waals surface area (Å²) < 4.78 is 5.42. The number of terminal acetylenes is 1. The first-order valence-electron chi connectivity index (χ1n) is 12.4. The third kappa shape index (κ3) is 10.9. The molecule has 0 aliphatic carbocycles. The van der Waals surface area contributed by atoms with Crippen molar-refractivity contribution in [2.75, 3.05) is 18.6 Å². The minimum absolute atomic E-state index is 0.290. The largest absolute Gasteiger partial charge is 0.444 e. The van der Waals surface area contributed by atoms with Crippen LogP contribution in [0.1, 0.15) is 84.9 Å². The fourth-order valence-corrected chi connectivity index (χ4v) is 3.98. The van der Waals surface area contributed by atoms with Crippen molar-refractivity contribution in [1.82, 2.24) is 15.5 Å². The molecule has 36 heavy (non-hydrogen) atoms. The van der Waals surface area contributed by atoms with E-state index in [1.807, 2.05) is 34.0 Å². The van der Waals surface area contributed by atoms with Gasteiger partial charge in [0.25, 0.3) is 0 Å². The van der Waals surface area contributed by atoms with Crippen LogP contribution in [0.2, 0.25) is 0 Å². The second-order valence-electron chi connectivity index (χ2n) is 10.8. The summed E-state index contributed by atoms with van der Waals surface area (Å²) in [6.07, 6.45) is 8.75. The van der Waals surface area contributed by atoms with Gasteiger partial charge < -0.3 is 20.3 Å². The highest BCUT2D eigenvalue weighted by Crippen LogP contribution is 2.25. The average Bonchev–Trinajstić information content (AvgIpc) is 2.76. The van der Waals surface area contributed by atoms with Gasteiger partial charge in [0, 0.05) is 17.6 Å². The number of hydrogen-bond donors (Lipinski definition) is 2. The number of nitrogens with zero attached hydrogens (tertiary/aromatic N) is 1. The summed E-state index contributed by atoms with van der Waals surface area (Å²) in [7, 11) is 0. The Bertz CT molecular complexity index is 911. The summed E-state index contributed by atoms with van der Waals surface area (Å²) in [5.41, 5.74) is 0.138. The highest BCUT2D eigenvalue weighted by Gasteiger charge is 2.36. The minimum atomic E-state index is -0.882. The van der Waals surface area contributed by atoms with Gasteiger partial charge in [0.1, 0.15) is 17.7 Å². The van der Waals surface area contributed by atoms with Gasteiger partial charge in [-0.05, 0) is 84.1 Å². The summed E-state index contributed by atoms with van der Waals surface area (Å²) in [5, 5.41) is 5.78. The van der Waals surface area contributed by atoms with Gasteiger partial charge in [0.05, 0.1) is 0 Å². The van der Waals surface area contributed by atoms with E-state index in [1.165, 1.54) is 0 Å². The zero-order valence-corrected chi connectivity index (χ0v) is 23.9. The number of amides is 3. The molecule has 8 heteroatoms. The van der Waals surface area contributed by atoms with Crippen LogP contribution >= 0.6 is 11.8 Å². The van der Waals surface area contributed by atoms with Crippen molar-refractivity contribution in [1.29, 1.82) is 0 Å². The summed E-state index contributed by atoms with van der Waals surface area (Å²) >= 11 is 1.58. The van der Waals surface area contributed by atoms with Crippen LogP contribution in [-0.4, -0.2) is 58.5 Å². The molecule has 0 saturated heterocycles. The first-order chi connectivity index (χ1) is 16.7. The number of rotatable bonds is 11. The smallest absolute Gasteiger partial charge is 0.408 e. The van der Waals surface area contributed by atoms with Crippen LogP contribution in [0.3, 0.4) is 0 Å². The lowest BCUT2D eigenvalue weighted by Crippen LogP contribution is -2.55. The number of unbranched alkanes of at least 4 members (excludes halogenated alkanes) is 1. The van der Waals surface area contributed by atoms with E-state index in [9.17, 15) is 14.4 Å². The maximum atomic E-state index is 14.0. The number of carbonyl (C=O) groups excluding carboxylic acids is 3. The molecule has 1 rings (SSSR count). The van der Waals surface area contributed by atoms with Gasteiger partial charge in [-0.15, -0.1) is 6.42 Å². The monoisotopic (exact) mass is 517 g/mol. The first kappa shape index (κ1) is 31.4. The Balaban J connectivity index is 3.49. The van der Waals surface area contributed by atoms with Crippen molar-refractivity contribution >= 4 is 29.7 Å². The molecule has 2 atom stereocenters. The number of nitrogens with one attached hydrogen (secondary N) is 2. The fraction of sp³-hybridized carbons (Fsp3) is 0.607. The molecule has 3 amide bonds. The maximum Gasteiger partial charge on any atom is 0.408 e. The molecule has 0 heterocycles. The molecule has 0 aromatic heterocycles. The lowest BCUT2D eigenvalue weighted by atomic mass is 9.99. The van der Waals surface area contributed by atoms with Gasteiger partial charge in [0.2, 0.25) is 11.8 Å². The zero-order valence-electron chi connectivity index (χ0n) is 23.1. The summed E-state index contributed by atoms with van der Waals surface area (Å²) in [5.74, 6) is 2.63. The molecule has 7 nitrogen and oxygen atoms in total. The van der Waals surface area contributed by atoms with E-state index in [4.69, 9.17) is 11.2 Å². The molecule has 200 valence electrons. The van der Waals surface area contributed by atoms with Crippen molar-refractivity contribution in [2.45, 2.75) is 91.0 Å². The molecule has 0 bridgehead atoms. The molecular formula is C28H43N3O4S. The number of carbonyl (C=O) groups is 3. The van der Waals surface area contributed by atoms with Crippen LogP contribution in [0.15, 0.2) is 24.3 Å². The van der Waals surface area contributed by atoms with Gasteiger partial charge >= 0.3 is 6.09 Å². The summed E-state index contributed by atoms with van der Waals surface area (Å²) in [6, 6.07) is 5.38. The Kier molecular flexibility index (Phi) is 12.4. The predicted molar refractivity (Wildman–Crippen MR) is 148 cm³/mol. The Morgan fingerprint density at radius 2 is 1.72 bits per heavy atom. The molecule has 0 aliphatic heterocycles. The predicted octanol–water partition coefficient (Wildman–Crippen LogP) is 4.90. The van der Waals surface area contributed by atoms with Crippen molar-refractivity contribution in [2.24, 2.45) is 0 Å². The second kappa shape index (κ2) is 14.2. The van der Waals surface area contributed by atoms with Crippen LogP contribution in [0, 0.1) is 12.3 Å². The van der Waals surface area contributed by atoms with E-state index in [0.29, 0.717) is 36.3 Å². The van der Waals surface area contributed by atoms with Gasteiger partial charge in [-0.1, -0.05) is 31.4 Å². The van der Waals surface area contributed by atoms with Crippen molar-refractivity contribution in [3.8, 4) is 12.3 Å². The third-order valence-corrected chi connectivity index (χ3v) is 5.73. The van der Waals surface area contributed by atoms with E-state index in [0.717, 1.165) is 6.42 Å². The van der Waals surface area contributed by atoms with Crippen LogP contribution in [0.4, 0.5) is 4.79 Å². The molecule has 0 saturated carbocycles. The molecule has 0 spiro atoms. The lowest BCUT2D eigenvalue weighted by molar-refractivity contribution is -0.143. The highest BCUT2D eigenvalue weighted by molar-refractivity contribution is 7.98. The van der Waals surface area contributed by atoms with E-state index in [-0.39, 0.29) is 11.8 Å². The Labute approximate surface area is 221 Å². The number of hydrogen-bond acceptors (Lipinski definition) is 5. The van der Waals surface area contributed by atoms with Gasteiger partial charge in [0.15, 0.2) is 0 Å². The van der Waals surface area contributed by atoms with Crippen molar-refractivity contribution < 1.29 is 19.1 Å². The van der Waals surface area contributed by atoms with Crippen molar-refractivity contribution in [3.63, 3.8) is 0 Å². The van der Waals surface area contributed by atoms with Crippen LogP contribution in [-0.2, 0) is 14.3 Å². The van der Waals surface area contributed by atoms with Crippen LogP contribution in [0.5, 0.6) is 0 Å². The quantitative estimate of drug-likeness (QED) is 0.408. The Hall–Kier alpha value is -2.66. The number of thioether (sulfide) groups is 1. The van der Waals surface area contributed by atoms with Crippen LogP contribution in [0.25, 0.3) is 0 Å². The Morgan fingerprint density at radius 1 is 1.11 bits per heavy atom. The second-order valence-corrected chi connectivity index (χ2v) is 11.8. The maximum absolute atomic E-state index is 14.0. The molecular weight excluding hydrogens is 474 g/mol. The standard InChI is InChI=1S/C28H43N3O4S/c1-10-12-18-31(25(33)22(17-19-36-9)29-26(34)35-28(6,7)8)23(24(32)30-27(3,4)5)21-15-13-20(11-2)14-16-21/h2,13-16,22-23H,10,12,17-19H2,1,3-9H3,(H,29,34)(H,30,32). The van der Waals surface area contributed by atoms with E-state index >= 15 is 0 Å². The number of benzene rings is 1. The first-order valence-corrected chi connectivity index (χ1v) is 13.8. The van der Waals surface area contributed by atoms with Gasteiger partial charge in [-0.2, -0.15) is 11.8 Å². The van der Waals surface area contributed by atoms with E-state index in [2.05, 4.69) is 16.6 Å². The zero-order chi connectivity index (χ0) is 27.5. The van der Waals surface area contributed by atoms with E-state index < -0.39 is 29.3 Å². The topological polar surface area (TPSA) is 87.7 Å². The van der Waals surface area contributed by atoms with E-state index in [1.54, 1.807) is 61.7 Å². The fourth-order valence-electron chi connectivity index (χ4n) is 3.51. The molecule has 2 unspecified atom stereocenters. The lowest BCUT2D eigenvalue weighted by Gasteiger charge is -2.36. The SMILES string of the molecule is C#Cc1ccc(C(C(=O)NC(C)(C)C)N(CCCC)C(=O)C(CCSC)NC(=O)OC(C)(C)C)cc1. The summed E-state index contributed by atoms with van der Waals surface area (Å²) in [6.45, 7) is 13.4. The highest BCUT2D eigenvalue weighted by atomic mass is 32.2. The molecule has 0 aliphatic rings. The number of alkyl carbamates (subject to hydrolysis) is 1. The molecule has 1 aromatic rings. The molecule has 2 N–H and O–H groups in total. The van der Waals surface area contributed by atoms with Crippen LogP contribution < -0.4 is 10.6 Å². The average molecular weight is 518 g/mol. The summed E-state index contributed by atoms with van der Waals surface area (Å²) in [4.78, 5) is 41.8. The van der Waals surface area contributed by atoms with Gasteiger partial charge in [-0.25, -0.2) is 4.79 Å². The minimum Gasteiger partial charge on any atom is -0.444 e. The van der Waals surface area contributed by atoms with Crippen molar-refractivity contribution in [3.05, 3.63) is 35.4 Å². The third-order valence-electron chi connectivity index (χ3n) is 5.09. The van der Waals surface area contributed by atoms with Gasteiger partial charge in [-0.3, -0.25) is 9.59 Å². The number of ether oxygens (including phenoxy) is 1.